The van der Waals surface area contributed by atoms with Gasteiger partial charge >= 0.3 is 0 Å². The molecule has 0 atom stereocenters. The maximum atomic E-state index is 5.43. The zero-order chi connectivity index (χ0) is 10.8. The fourth-order valence-electron chi connectivity index (χ4n) is 1.46. The van der Waals surface area contributed by atoms with Gasteiger partial charge in [0.1, 0.15) is 5.01 Å². The first kappa shape index (κ1) is 12.6. The third-order valence-electron chi connectivity index (χ3n) is 2.32. The van der Waals surface area contributed by atoms with Gasteiger partial charge in [-0.1, -0.05) is 19.3 Å². The van der Waals surface area contributed by atoms with Crippen molar-refractivity contribution < 1.29 is 0 Å². The lowest BCUT2D eigenvalue weighted by atomic mass is 10.1. The van der Waals surface area contributed by atoms with Gasteiger partial charge in [-0.2, -0.15) is 0 Å². The van der Waals surface area contributed by atoms with Gasteiger partial charge in [0, 0.05) is 18.1 Å². The summed E-state index contributed by atoms with van der Waals surface area (Å²) in [4.78, 5) is 4.22. The molecule has 0 aromatic carbocycles. The molecule has 0 unspecified atom stereocenters. The Morgan fingerprint density at radius 2 is 2.00 bits per heavy atom. The van der Waals surface area contributed by atoms with Gasteiger partial charge in [-0.05, 0) is 25.9 Å². The summed E-state index contributed by atoms with van der Waals surface area (Å²) in [6, 6.07) is 0. The molecule has 0 radical (unpaired) electrons. The third-order valence-corrected chi connectivity index (χ3v) is 3.10. The normalized spacial score (nSPS) is 10.7. The van der Waals surface area contributed by atoms with Gasteiger partial charge in [-0.25, -0.2) is 4.98 Å². The highest BCUT2D eigenvalue weighted by molar-refractivity contribution is 7.09. The van der Waals surface area contributed by atoms with Crippen LogP contribution < -0.4 is 11.1 Å². The molecule has 4 heteroatoms. The van der Waals surface area contributed by atoms with E-state index in [9.17, 15) is 0 Å². The summed E-state index contributed by atoms with van der Waals surface area (Å²) >= 11 is 1.71. The smallest absolute Gasteiger partial charge is 0.106 e. The van der Waals surface area contributed by atoms with Crippen molar-refractivity contribution in [1.82, 2.24) is 10.3 Å². The first-order valence-electron chi connectivity index (χ1n) is 5.72. The van der Waals surface area contributed by atoms with E-state index in [0.29, 0.717) is 0 Å². The van der Waals surface area contributed by atoms with E-state index in [4.69, 9.17) is 5.73 Å². The number of aromatic nitrogens is 1. The SMILES string of the molecule is NCCCCCCCNCc1nccs1. The van der Waals surface area contributed by atoms with E-state index in [2.05, 4.69) is 10.3 Å². The number of nitrogens with zero attached hydrogens (tertiary/aromatic N) is 1. The molecule has 3 N–H and O–H groups in total. The fraction of sp³-hybridized carbons (Fsp3) is 0.727. The highest BCUT2D eigenvalue weighted by Crippen LogP contribution is 2.04. The predicted octanol–water partition coefficient (Wildman–Crippen LogP) is 2.14. The summed E-state index contributed by atoms with van der Waals surface area (Å²) in [5.74, 6) is 0. The Morgan fingerprint density at radius 1 is 1.20 bits per heavy atom. The average Bonchev–Trinajstić information content (AvgIpc) is 2.75. The van der Waals surface area contributed by atoms with E-state index in [1.807, 2.05) is 11.6 Å². The summed E-state index contributed by atoms with van der Waals surface area (Å²) < 4.78 is 0. The van der Waals surface area contributed by atoms with Gasteiger partial charge in [-0.15, -0.1) is 11.3 Å². The van der Waals surface area contributed by atoms with E-state index < -0.39 is 0 Å². The lowest BCUT2D eigenvalue weighted by Gasteiger charge is -2.02. The highest BCUT2D eigenvalue weighted by Gasteiger charge is 1.94. The number of unbranched alkanes of at least 4 members (excludes halogenated alkanes) is 4. The molecule has 3 nitrogen and oxygen atoms in total. The second-order valence-corrected chi connectivity index (χ2v) is 4.64. The Balaban J connectivity index is 1.81. The maximum Gasteiger partial charge on any atom is 0.106 e. The zero-order valence-electron chi connectivity index (χ0n) is 9.24. The Morgan fingerprint density at radius 3 is 2.73 bits per heavy atom. The monoisotopic (exact) mass is 227 g/mol. The molecule has 1 aromatic rings. The van der Waals surface area contributed by atoms with Crippen LogP contribution in [0.15, 0.2) is 11.6 Å². The largest absolute Gasteiger partial charge is 0.330 e. The van der Waals surface area contributed by atoms with Crippen LogP contribution in [0.4, 0.5) is 0 Å². The summed E-state index contributed by atoms with van der Waals surface area (Å²) in [6.07, 6.45) is 8.20. The first-order chi connectivity index (χ1) is 7.43. The Bertz CT molecular complexity index is 224. The molecule has 1 aromatic heterocycles. The lowest BCUT2D eigenvalue weighted by Crippen LogP contribution is -2.14. The van der Waals surface area contributed by atoms with Crippen LogP contribution in [0, 0.1) is 0 Å². The second kappa shape index (κ2) is 8.83. The Labute approximate surface area is 96.1 Å². The van der Waals surface area contributed by atoms with Crippen molar-refractivity contribution in [3.05, 3.63) is 16.6 Å². The van der Waals surface area contributed by atoms with Gasteiger partial charge < -0.3 is 11.1 Å². The molecule has 0 bridgehead atoms. The minimum Gasteiger partial charge on any atom is -0.330 e. The molecule has 0 amide bonds. The average molecular weight is 227 g/mol. The molecule has 0 saturated carbocycles. The van der Waals surface area contributed by atoms with Crippen molar-refractivity contribution in [1.29, 1.82) is 0 Å². The molecule has 0 aliphatic heterocycles. The summed E-state index contributed by atoms with van der Waals surface area (Å²) in [7, 11) is 0. The molecular weight excluding hydrogens is 206 g/mol. The maximum absolute atomic E-state index is 5.43. The van der Waals surface area contributed by atoms with Crippen LogP contribution in [0.5, 0.6) is 0 Å². The van der Waals surface area contributed by atoms with Crippen LogP contribution in [0.2, 0.25) is 0 Å². The predicted molar refractivity (Wildman–Crippen MR) is 66.0 cm³/mol. The Hall–Kier alpha value is -0.450. The molecule has 15 heavy (non-hydrogen) atoms. The van der Waals surface area contributed by atoms with Crippen LogP contribution >= 0.6 is 11.3 Å². The standard InChI is InChI=1S/C11H21N3S/c12-6-4-2-1-3-5-7-13-10-11-14-8-9-15-11/h8-9,13H,1-7,10,12H2. The van der Waals surface area contributed by atoms with Gasteiger partial charge in [0.15, 0.2) is 0 Å². The summed E-state index contributed by atoms with van der Waals surface area (Å²) in [5.41, 5.74) is 5.43. The van der Waals surface area contributed by atoms with Gasteiger partial charge in [0.2, 0.25) is 0 Å². The van der Waals surface area contributed by atoms with E-state index in [0.717, 1.165) is 19.6 Å². The fourth-order valence-corrected chi connectivity index (χ4v) is 2.05. The minimum absolute atomic E-state index is 0.836. The van der Waals surface area contributed by atoms with E-state index in [1.165, 1.54) is 37.1 Å². The summed E-state index contributed by atoms with van der Waals surface area (Å²) in [5, 5.41) is 6.60. The van der Waals surface area contributed by atoms with Crippen LogP contribution in [0.1, 0.15) is 37.1 Å². The van der Waals surface area contributed by atoms with Gasteiger partial charge in [0.25, 0.3) is 0 Å². The summed E-state index contributed by atoms with van der Waals surface area (Å²) in [6.45, 7) is 2.85. The van der Waals surface area contributed by atoms with E-state index >= 15 is 0 Å². The number of nitrogens with one attached hydrogen (secondary N) is 1. The molecule has 0 spiro atoms. The molecule has 0 saturated heterocycles. The van der Waals surface area contributed by atoms with Crippen molar-refractivity contribution in [2.45, 2.75) is 38.6 Å². The van der Waals surface area contributed by atoms with Crippen LogP contribution in [0.25, 0.3) is 0 Å². The number of hydrogen-bond acceptors (Lipinski definition) is 4. The Kier molecular flexibility index (Phi) is 7.42. The molecule has 0 aliphatic rings. The third kappa shape index (κ3) is 6.60. The van der Waals surface area contributed by atoms with E-state index in [1.54, 1.807) is 11.3 Å². The van der Waals surface area contributed by atoms with Crippen LogP contribution in [-0.4, -0.2) is 18.1 Å². The van der Waals surface area contributed by atoms with E-state index in [-0.39, 0.29) is 0 Å². The number of thiazole rings is 1. The van der Waals surface area contributed by atoms with Crippen molar-refractivity contribution in [2.24, 2.45) is 5.73 Å². The van der Waals surface area contributed by atoms with Crippen LogP contribution in [-0.2, 0) is 6.54 Å². The molecular formula is C11H21N3S. The highest BCUT2D eigenvalue weighted by atomic mass is 32.1. The number of hydrogen-bond donors (Lipinski definition) is 2. The zero-order valence-corrected chi connectivity index (χ0v) is 10.1. The van der Waals surface area contributed by atoms with Gasteiger partial charge in [-0.3, -0.25) is 0 Å². The lowest BCUT2D eigenvalue weighted by molar-refractivity contribution is 0.577. The minimum atomic E-state index is 0.836. The second-order valence-electron chi connectivity index (χ2n) is 3.66. The quantitative estimate of drug-likeness (QED) is 0.636. The van der Waals surface area contributed by atoms with Crippen LogP contribution in [0.3, 0.4) is 0 Å². The molecule has 1 rings (SSSR count). The number of rotatable bonds is 9. The number of nitrogens with two attached hydrogens (primary N) is 1. The molecule has 1 heterocycles. The van der Waals surface area contributed by atoms with Crippen molar-refractivity contribution in [3.8, 4) is 0 Å². The topological polar surface area (TPSA) is 50.9 Å². The van der Waals surface area contributed by atoms with Crippen molar-refractivity contribution in [3.63, 3.8) is 0 Å². The van der Waals surface area contributed by atoms with Crippen molar-refractivity contribution in [2.75, 3.05) is 13.1 Å². The molecule has 0 fully saturated rings. The van der Waals surface area contributed by atoms with Gasteiger partial charge in [0.05, 0.1) is 0 Å². The van der Waals surface area contributed by atoms with Crippen molar-refractivity contribution >= 4 is 11.3 Å². The first-order valence-corrected chi connectivity index (χ1v) is 6.60. The molecule has 0 aliphatic carbocycles. The molecule has 86 valence electrons.